The first-order valence-electron chi connectivity index (χ1n) is 9.68. The molecule has 6 aromatic rings. The van der Waals surface area contributed by atoms with E-state index in [1.54, 1.807) is 0 Å². The average molecular weight is 371 g/mol. The summed E-state index contributed by atoms with van der Waals surface area (Å²) in [4.78, 5) is 9.61. The van der Waals surface area contributed by atoms with Crippen molar-refractivity contribution in [2.45, 2.75) is 0 Å². The first-order chi connectivity index (χ1) is 14.4. The number of aromatic nitrogens is 3. The van der Waals surface area contributed by atoms with Gasteiger partial charge in [0.2, 0.25) is 0 Å². The molecule has 3 aromatic heterocycles. The quantitative estimate of drug-likeness (QED) is 0.331. The Morgan fingerprint density at radius 2 is 1.38 bits per heavy atom. The zero-order chi connectivity index (χ0) is 19.2. The second kappa shape index (κ2) is 6.28. The highest BCUT2D eigenvalue weighted by atomic mass is 15.0. The van der Waals surface area contributed by atoms with Crippen LogP contribution in [-0.4, -0.2) is 14.4 Å². The molecule has 0 saturated heterocycles. The van der Waals surface area contributed by atoms with Gasteiger partial charge in [-0.25, -0.2) is 4.98 Å². The fourth-order valence-electron chi connectivity index (χ4n) is 4.15. The van der Waals surface area contributed by atoms with Gasteiger partial charge in [0, 0.05) is 29.7 Å². The Morgan fingerprint density at radius 1 is 0.655 bits per heavy atom. The van der Waals surface area contributed by atoms with Crippen LogP contribution in [0, 0.1) is 0 Å². The third-order valence-corrected chi connectivity index (χ3v) is 5.45. The van der Waals surface area contributed by atoms with E-state index in [9.17, 15) is 0 Å². The molecule has 3 heterocycles. The molecule has 0 atom stereocenters. The maximum absolute atomic E-state index is 5.08. The molecule has 136 valence electrons. The van der Waals surface area contributed by atoms with Crippen molar-refractivity contribution < 1.29 is 0 Å². The van der Waals surface area contributed by atoms with Gasteiger partial charge >= 0.3 is 0 Å². The molecule has 0 N–H and O–H groups in total. The molecule has 0 amide bonds. The second-order valence-electron chi connectivity index (χ2n) is 7.19. The number of pyridine rings is 2. The van der Waals surface area contributed by atoms with Crippen molar-refractivity contribution in [1.82, 2.24) is 14.4 Å². The van der Waals surface area contributed by atoms with Gasteiger partial charge in [-0.2, -0.15) is 0 Å². The molecule has 0 saturated carbocycles. The molecule has 3 nitrogen and oxygen atoms in total. The van der Waals surface area contributed by atoms with E-state index in [-0.39, 0.29) is 0 Å². The Hall–Kier alpha value is -3.98. The van der Waals surface area contributed by atoms with Crippen LogP contribution in [0.5, 0.6) is 0 Å². The van der Waals surface area contributed by atoms with Gasteiger partial charge in [0.05, 0.1) is 11.4 Å². The zero-order valence-corrected chi connectivity index (χ0v) is 15.7. The maximum atomic E-state index is 5.08. The first kappa shape index (κ1) is 16.0. The molecule has 29 heavy (non-hydrogen) atoms. The molecule has 3 heteroatoms. The molecule has 0 aliphatic heterocycles. The molecule has 3 aromatic carbocycles. The van der Waals surface area contributed by atoms with Crippen molar-refractivity contribution in [1.29, 1.82) is 0 Å². The van der Waals surface area contributed by atoms with E-state index in [1.807, 2.05) is 36.7 Å². The number of benzene rings is 3. The monoisotopic (exact) mass is 371 g/mol. The molecule has 6 rings (SSSR count). The molecule has 0 aliphatic rings. The normalized spacial score (nSPS) is 11.4. The van der Waals surface area contributed by atoms with E-state index in [0.29, 0.717) is 0 Å². The summed E-state index contributed by atoms with van der Waals surface area (Å²) in [6.45, 7) is 0. The van der Waals surface area contributed by atoms with Crippen LogP contribution in [0.4, 0.5) is 0 Å². The molecule has 0 spiro atoms. The fourth-order valence-corrected chi connectivity index (χ4v) is 4.15. The van der Waals surface area contributed by atoms with Crippen LogP contribution in [0.1, 0.15) is 0 Å². The third-order valence-electron chi connectivity index (χ3n) is 5.45. The highest BCUT2D eigenvalue weighted by molar-refractivity contribution is 6.12. The summed E-state index contributed by atoms with van der Waals surface area (Å²) in [7, 11) is 0. The molecule has 0 radical (unpaired) electrons. The summed E-state index contributed by atoms with van der Waals surface area (Å²) in [6, 6.07) is 29.4. The van der Waals surface area contributed by atoms with E-state index in [0.717, 1.165) is 22.6 Å². The molecular formula is C26H17N3. The van der Waals surface area contributed by atoms with Gasteiger partial charge in [0.25, 0.3) is 0 Å². The largest absolute Gasteiger partial charge is 0.306 e. The zero-order valence-electron chi connectivity index (χ0n) is 15.7. The standard InChI is InChI=1S/C26H17N3/c1-3-10-20-18(8-1)16-19-9-2-4-11-21(19)25(20)24-17-29-15-7-12-22(26(29)28-24)23-13-5-6-14-27-23/h1-17H. The van der Waals surface area contributed by atoms with Crippen LogP contribution < -0.4 is 0 Å². The van der Waals surface area contributed by atoms with Gasteiger partial charge in [0.15, 0.2) is 0 Å². The van der Waals surface area contributed by atoms with Crippen LogP contribution >= 0.6 is 0 Å². The van der Waals surface area contributed by atoms with Crippen molar-refractivity contribution in [3.63, 3.8) is 0 Å². The Labute approximate surface area is 167 Å². The van der Waals surface area contributed by atoms with Crippen LogP contribution in [0.3, 0.4) is 0 Å². The van der Waals surface area contributed by atoms with E-state index < -0.39 is 0 Å². The van der Waals surface area contributed by atoms with Crippen molar-refractivity contribution in [2.24, 2.45) is 0 Å². The van der Waals surface area contributed by atoms with Gasteiger partial charge in [0.1, 0.15) is 5.65 Å². The number of fused-ring (bicyclic) bond motifs is 3. The topological polar surface area (TPSA) is 30.2 Å². The van der Waals surface area contributed by atoms with E-state index in [1.165, 1.54) is 27.1 Å². The fraction of sp³-hybridized carbons (Fsp3) is 0. The number of imidazole rings is 1. The maximum Gasteiger partial charge on any atom is 0.146 e. The summed E-state index contributed by atoms with van der Waals surface area (Å²) in [5, 5.41) is 4.88. The summed E-state index contributed by atoms with van der Waals surface area (Å²) in [6.07, 6.45) is 5.99. The lowest BCUT2D eigenvalue weighted by Gasteiger charge is -2.09. The predicted molar refractivity (Wildman–Crippen MR) is 119 cm³/mol. The molecular weight excluding hydrogens is 354 g/mol. The highest BCUT2D eigenvalue weighted by Gasteiger charge is 2.15. The second-order valence-corrected chi connectivity index (χ2v) is 7.19. The van der Waals surface area contributed by atoms with E-state index in [2.05, 4.69) is 76.2 Å². The minimum absolute atomic E-state index is 0.915. The smallest absolute Gasteiger partial charge is 0.146 e. The predicted octanol–water partition coefficient (Wildman–Crippen LogP) is 6.37. The van der Waals surface area contributed by atoms with Gasteiger partial charge in [-0.1, -0.05) is 54.6 Å². The van der Waals surface area contributed by atoms with Crippen LogP contribution in [0.25, 0.3) is 49.7 Å². The minimum atomic E-state index is 0.915. The van der Waals surface area contributed by atoms with Crippen molar-refractivity contribution in [3.8, 4) is 22.5 Å². The number of nitrogens with zero attached hydrogens (tertiary/aromatic N) is 3. The van der Waals surface area contributed by atoms with Crippen molar-refractivity contribution in [2.75, 3.05) is 0 Å². The average Bonchev–Trinajstić information content (AvgIpc) is 3.22. The molecule has 0 unspecified atom stereocenters. The van der Waals surface area contributed by atoms with Gasteiger partial charge in [-0.15, -0.1) is 0 Å². The molecule has 0 aliphatic carbocycles. The Balaban J connectivity index is 1.70. The van der Waals surface area contributed by atoms with Crippen LogP contribution in [0.15, 0.2) is 104 Å². The van der Waals surface area contributed by atoms with Crippen molar-refractivity contribution in [3.05, 3.63) is 104 Å². The lowest BCUT2D eigenvalue weighted by molar-refractivity contribution is 1.18. The van der Waals surface area contributed by atoms with Gasteiger partial charge in [-0.05, 0) is 51.9 Å². The van der Waals surface area contributed by atoms with E-state index in [4.69, 9.17) is 4.98 Å². The third kappa shape index (κ3) is 2.52. The number of hydrogen-bond acceptors (Lipinski definition) is 2. The summed E-state index contributed by atoms with van der Waals surface area (Å²) >= 11 is 0. The van der Waals surface area contributed by atoms with Crippen molar-refractivity contribution >= 4 is 27.2 Å². The summed E-state index contributed by atoms with van der Waals surface area (Å²) in [5.74, 6) is 0. The Kier molecular flexibility index (Phi) is 3.47. The van der Waals surface area contributed by atoms with Gasteiger partial charge < -0.3 is 4.40 Å². The SMILES string of the molecule is c1ccc(-c2cccn3cc(-c4c5ccccc5cc5ccccc45)nc23)nc1. The summed E-state index contributed by atoms with van der Waals surface area (Å²) < 4.78 is 2.09. The Bertz CT molecular complexity index is 1440. The lowest BCUT2D eigenvalue weighted by atomic mass is 9.95. The number of hydrogen-bond donors (Lipinski definition) is 0. The molecule has 0 fully saturated rings. The van der Waals surface area contributed by atoms with Gasteiger partial charge in [-0.3, -0.25) is 4.98 Å². The molecule has 0 bridgehead atoms. The highest BCUT2D eigenvalue weighted by Crippen LogP contribution is 2.36. The number of rotatable bonds is 2. The van der Waals surface area contributed by atoms with E-state index >= 15 is 0 Å². The Morgan fingerprint density at radius 3 is 2.10 bits per heavy atom. The lowest BCUT2D eigenvalue weighted by Crippen LogP contribution is -1.88. The first-order valence-corrected chi connectivity index (χ1v) is 9.68. The van der Waals surface area contributed by atoms with Crippen LogP contribution in [-0.2, 0) is 0 Å². The van der Waals surface area contributed by atoms with Crippen LogP contribution in [0.2, 0.25) is 0 Å². The summed E-state index contributed by atoms with van der Waals surface area (Å²) in [5.41, 5.74) is 5.02. The minimum Gasteiger partial charge on any atom is -0.306 e.